The molecule has 1 heterocycles. The summed E-state index contributed by atoms with van der Waals surface area (Å²) in [5, 5.41) is 6.48. The van der Waals surface area contributed by atoms with Gasteiger partial charge in [0.2, 0.25) is 5.91 Å². The van der Waals surface area contributed by atoms with Crippen molar-refractivity contribution < 1.29 is 14.3 Å². The molecule has 172 valence electrons. The summed E-state index contributed by atoms with van der Waals surface area (Å²) in [5.74, 6) is -0.566. The fourth-order valence-electron chi connectivity index (χ4n) is 3.50. The third-order valence-corrected chi connectivity index (χ3v) is 5.61. The summed E-state index contributed by atoms with van der Waals surface area (Å²) in [4.78, 5) is 28.7. The van der Waals surface area contributed by atoms with Gasteiger partial charge >= 0.3 is 0 Å². The Morgan fingerprint density at radius 2 is 1.91 bits per heavy atom. The van der Waals surface area contributed by atoms with Crippen molar-refractivity contribution in [1.29, 1.82) is 0 Å². The van der Waals surface area contributed by atoms with E-state index in [0.29, 0.717) is 30.0 Å². The number of benzene rings is 2. The lowest BCUT2D eigenvalue weighted by Gasteiger charge is -2.28. The molecule has 10 heteroatoms. The van der Waals surface area contributed by atoms with Crippen molar-refractivity contribution in [3.63, 3.8) is 0 Å². The summed E-state index contributed by atoms with van der Waals surface area (Å²) in [6.07, 6.45) is 1.81. The molecule has 1 unspecified atom stereocenters. The first-order valence-electron chi connectivity index (χ1n) is 9.93. The van der Waals surface area contributed by atoms with Gasteiger partial charge in [-0.15, -0.1) is 0 Å². The number of hydrogen-bond donors (Lipinski definition) is 4. The minimum atomic E-state index is -0.768. The van der Waals surface area contributed by atoms with E-state index in [2.05, 4.69) is 22.2 Å². The topological polar surface area (TPSA) is 132 Å². The molecular formula is C23H23Cl2N5O3. The minimum Gasteiger partial charge on any atom is -0.494 e. The van der Waals surface area contributed by atoms with E-state index in [-0.39, 0.29) is 39.1 Å². The summed E-state index contributed by atoms with van der Waals surface area (Å²) in [5.41, 5.74) is 13.9. The quantitative estimate of drug-likeness (QED) is 0.444. The Bertz CT molecular complexity index is 1150. The number of rotatable bonds is 7. The van der Waals surface area contributed by atoms with Gasteiger partial charge in [-0.1, -0.05) is 48.0 Å². The number of nitrogens with two attached hydrogens (primary N) is 2. The number of nitrogens with zero attached hydrogens (tertiary/aromatic N) is 1. The largest absolute Gasteiger partial charge is 0.494 e. The number of hydrogen-bond acceptors (Lipinski definition) is 6. The Hall–Kier alpha value is -3.49. The lowest BCUT2D eigenvalue weighted by Crippen LogP contribution is -2.39. The van der Waals surface area contributed by atoms with Gasteiger partial charge in [-0.3, -0.25) is 14.6 Å². The molecule has 0 saturated carbocycles. The number of nitrogens with one attached hydrogen (secondary N) is 2. The fourth-order valence-corrected chi connectivity index (χ4v) is 4.14. The molecule has 1 aliphatic heterocycles. The number of carbonyl (C=O) groups is 2. The van der Waals surface area contributed by atoms with Gasteiger partial charge in [-0.2, -0.15) is 0 Å². The van der Waals surface area contributed by atoms with Crippen molar-refractivity contribution in [1.82, 2.24) is 5.32 Å². The van der Waals surface area contributed by atoms with Crippen molar-refractivity contribution in [3.8, 4) is 5.75 Å². The van der Waals surface area contributed by atoms with E-state index in [1.807, 2.05) is 18.2 Å². The molecule has 0 saturated heterocycles. The van der Waals surface area contributed by atoms with Crippen molar-refractivity contribution in [3.05, 3.63) is 75.8 Å². The summed E-state index contributed by atoms with van der Waals surface area (Å²) >= 11 is 12.5. The Labute approximate surface area is 201 Å². The van der Waals surface area contributed by atoms with E-state index in [1.165, 1.54) is 25.3 Å². The van der Waals surface area contributed by atoms with Gasteiger partial charge < -0.3 is 26.8 Å². The second kappa shape index (κ2) is 10.4. The number of ether oxygens (including phenoxy) is 1. The zero-order valence-corrected chi connectivity index (χ0v) is 19.3. The molecule has 2 aromatic carbocycles. The Balaban J connectivity index is 2.00. The summed E-state index contributed by atoms with van der Waals surface area (Å²) in [6.45, 7) is 3.89. The van der Waals surface area contributed by atoms with Gasteiger partial charge in [-0.25, -0.2) is 0 Å². The van der Waals surface area contributed by atoms with E-state index in [1.54, 1.807) is 6.07 Å². The maximum atomic E-state index is 12.4. The number of halogens is 2. The lowest BCUT2D eigenvalue weighted by molar-refractivity contribution is -0.114. The Morgan fingerprint density at radius 3 is 2.52 bits per heavy atom. The summed E-state index contributed by atoms with van der Waals surface area (Å²) in [6, 6.07) is 10.1. The van der Waals surface area contributed by atoms with Crippen molar-refractivity contribution in [2.45, 2.75) is 12.5 Å². The standard InChI is InChI=1S/C23H23Cl2N5O3/c1-3-18(31)29-16-7-5-4-6-13(16)17-8-9-28-23(30-17)19(22(27)32)20(26)12-10-14(24)21(33-2)15(25)11-12/h3-7,10-11,17H,1,8-9,26H2,2H3,(H2,27,32)(H,28,30)(H,29,31). The normalized spacial score (nSPS) is 16.1. The molecular weight excluding hydrogens is 465 g/mol. The van der Waals surface area contributed by atoms with E-state index in [9.17, 15) is 9.59 Å². The average molecular weight is 488 g/mol. The monoisotopic (exact) mass is 487 g/mol. The second-order valence-electron chi connectivity index (χ2n) is 7.12. The molecule has 0 radical (unpaired) electrons. The van der Waals surface area contributed by atoms with Gasteiger partial charge in [0.1, 0.15) is 11.4 Å². The van der Waals surface area contributed by atoms with Crippen LogP contribution in [0.5, 0.6) is 5.75 Å². The van der Waals surface area contributed by atoms with E-state index >= 15 is 0 Å². The molecule has 0 fully saturated rings. The number of carbonyl (C=O) groups excluding carboxylic acids is 2. The predicted octanol–water partition coefficient (Wildman–Crippen LogP) is 3.41. The smallest absolute Gasteiger partial charge is 0.254 e. The maximum absolute atomic E-state index is 12.4. The molecule has 0 aliphatic carbocycles. The van der Waals surface area contributed by atoms with Crippen LogP contribution in [0.3, 0.4) is 0 Å². The molecule has 6 N–H and O–H groups in total. The highest BCUT2D eigenvalue weighted by Crippen LogP contribution is 2.36. The van der Waals surface area contributed by atoms with Crippen molar-refractivity contribution >= 4 is 52.2 Å². The number of amidine groups is 1. The highest BCUT2D eigenvalue weighted by Gasteiger charge is 2.27. The minimum absolute atomic E-state index is 0.00427. The number of amides is 2. The van der Waals surface area contributed by atoms with Crippen LogP contribution >= 0.6 is 23.2 Å². The molecule has 8 nitrogen and oxygen atoms in total. The van der Waals surface area contributed by atoms with Crippen LogP contribution in [0.2, 0.25) is 10.0 Å². The SMILES string of the molecule is C=CC(=O)Nc1ccccc1C1CCN=C(C(C(N)=O)=C(N)c2cc(Cl)c(OC)c(Cl)c2)N1. The van der Waals surface area contributed by atoms with Crippen LogP contribution in [0, 0.1) is 0 Å². The van der Waals surface area contributed by atoms with Gasteiger partial charge in [0.05, 0.1) is 28.9 Å². The molecule has 0 aromatic heterocycles. The first kappa shape index (κ1) is 24.2. The Morgan fingerprint density at radius 1 is 1.24 bits per heavy atom. The number of aliphatic imine (C=N–C) groups is 1. The van der Waals surface area contributed by atoms with Crippen LogP contribution in [0.25, 0.3) is 5.70 Å². The van der Waals surface area contributed by atoms with Crippen LogP contribution in [-0.2, 0) is 9.59 Å². The third kappa shape index (κ3) is 5.30. The molecule has 1 aliphatic rings. The van der Waals surface area contributed by atoms with E-state index < -0.39 is 5.91 Å². The predicted molar refractivity (Wildman–Crippen MR) is 131 cm³/mol. The highest BCUT2D eigenvalue weighted by atomic mass is 35.5. The molecule has 2 aromatic rings. The maximum Gasteiger partial charge on any atom is 0.254 e. The number of methoxy groups -OCH3 is 1. The molecule has 1 atom stereocenters. The molecule has 0 bridgehead atoms. The van der Waals surface area contributed by atoms with Gasteiger partial charge in [-0.05, 0) is 36.3 Å². The first-order chi connectivity index (χ1) is 15.8. The zero-order chi connectivity index (χ0) is 24.1. The molecule has 33 heavy (non-hydrogen) atoms. The lowest BCUT2D eigenvalue weighted by atomic mass is 9.98. The number of primary amides is 1. The highest BCUT2D eigenvalue weighted by molar-refractivity contribution is 6.37. The van der Waals surface area contributed by atoms with Crippen LogP contribution < -0.4 is 26.8 Å². The number of para-hydroxylation sites is 1. The summed E-state index contributed by atoms with van der Waals surface area (Å²) < 4.78 is 5.16. The fraction of sp³-hybridized carbons (Fsp3) is 0.174. The van der Waals surface area contributed by atoms with Gasteiger partial charge in [0, 0.05) is 17.8 Å². The zero-order valence-electron chi connectivity index (χ0n) is 17.8. The average Bonchev–Trinajstić information content (AvgIpc) is 2.79. The van der Waals surface area contributed by atoms with Crippen molar-refractivity contribution in [2.75, 3.05) is 19.0 Å². The summed E-state index contributed by atoms with van der Waals surface area (Å²) in [7, 11) is 1.44. The van der Waals surface area contributed by atoms with Crippen molar-refractivity contribution in [2.24, 2.45) is 16.5 Å². The number of anilines is 1. The molecule has 0 spiro atoms. The Kier molecular flexibility index (Phi) is 7.63. The van der Waals surface area contributed by atoms with Gasteiger partial charge in [0.15, 0.2) is 5.75 Å². The van der Waals surface area contributed by atoms with Crippen LogP contribution in [0.15, 0.2) is 59.6 Å². The van der Waals surface area contributed by atoms with E-state index in [0.717, 1.165) is 5.56 Å². The van der Waals surface area contributed by atoms with Crippen LogP contribution in [0.4, 0.5) is 5.69 Å². The van der Waals surface area contributed by atoms with Crippen LogP contribution in [0.1, 0.15) is 23.6 Å². The van der Waals surface area contributed by atoms with Crippen LogP contribution in [-0.4, -0.2) is 31.3 Å². The molecule has 3 rings (SSSR count). The first-order valence-corrected chi connectivity index (χ1v) is 10.7. The molecule has 2 amide bonds. The second-order valence-corrected chi connectivity index (χ2v) is 7.94. The van der Waals surface area contributed by atoms with Gasteiger partial charge in [0.25, 0.3) is 5.91 Å². The van der Waals surface area contributed by atoms with E-state index in [4.69, 9.17) is 39.4 Å². The third-order valence-electron chi connectivity index (χ3n) is 5.04.